The number of nitrogens with one attached hydrogen (secondary N) is 2. The predicted molar refractivity (Wildman–Crippen MR) is 84.6 cm³/mol. The van der Waals surface area contributed by atoms with E-state index in [1.165, 1.54) is 0 Å². The minimum absolute atomic E-state index is 0.0351. The Balaban J connectivity index is 1.58. The first-order chi connectivity index (χ1) is 10.6. The zero-order chi connectivity index (χ0) is 15.9. The standard InChI is InChI=1S/C17H24N2O3/c1-12-10-15(12)17(21)19-9-7-16(20)18-8-6-13-4-3-5-14(11-13)22-2/h3-5,11-12,15H,6-10H2,1-2H3,(H,18,20)(H,19,21)/t12-,15-/m0/s1. The van der Waals surface area contributed by atoms with Crippen LogP contribution in [0.5, 0.6) is 5.75 Å². The Kier molecular flexibility index (Phi) is 5.81. The number of benzene rings is 1. The highest BCUT2D eigenvalue weighted by Crippen LogP contribution is 2.37. The van der Waals surface area contributed by atoms with Gasteiger partial charge in [-0.2, -0.15) is 0 Å². The van der Waals surface area contributed by atoms with Crippen LogP contribution in [-0.4, -0.2) is 32.0 Å². The van der Waals surface area contributed by atoms with E-state index in [9.17, 15) is 9.59 Å². The van der Waals surface area contributed by atoms with Crippen molar-refractivity contribution < 1.29 is 14.3 Å². The quantitative estimate of drug-likeness (QED) is 0.765. The van der Waals surface area contributed by atoms with Gasteiger partial charge in [0.25, 0.3) is 0 Å². The summed E-state index contributed by atoms with van der Waals surface area (Å²) in [6.07, 6.45) is 2.05. The second kappa shape index (κ2) is 7.82. The number of carbonyl (C=O) groups is 2. The number of rotatable bonds is 8. The Bertz CT molecular complexity index is 530. The van der Waals surface area contributed by atoms with Crippen molar-refractivity contribution in [2.24, 2.45) is 11.8 Å². The lowest BCUT2D eigenvalue weighted by molar-refractivity contribution is -0.123. The molecule has 1 aromatic rings. The molecule has 0 unspecified atom stereocenters. The van der Waals surface area contributed by atoms with E-state index in [1.807, 2.05) is 24.3 Å². The molecule has 5 heteroatoms. The lowest BCUT2D eigenvalue weighted by atomic mass is 10.1. The second-order valence-corrected chi connectivity index (χ2v) is 5.81. The van der Waals surface area contributed by atoms with E-state index in [0.717, 1.165) is 24.2 Å². The lowest BCUT2D eigenvalue weighted by Crippen LogP contribution is -2.32. The van der Waals surface area contributed by atoms with Crippen molar-refractivity contribution in [2.75, 3.05) is 20.2 Å². The van der Waals surface area contributed by atoms with Gasteiger partial charge in [0, 0.05) is 25.4 Å². The molecule has 5 nitrogen and oxygen atoms in total. The molecule has 2 atom stereocenters. The third-order valence-corrected chi connectivity index (χ3v) is 3.97. The van der Waals surface area contributed by atoms with Gasteiger partial charge in [-0.1, -0.05) is 19.1 Å². The van der Waals surface area contributed by atoms with E-state index >= 15 is 0 Å². The molecule has 2 rings (SSSR count). The molecule has 0 saturated heterocycles. The van der Waals surface area contributed by atoms with E-state index in [4.69, 9.17) is 4.74 Å². The monoisotopic (exact) mass is 304 g/mol. The molecule has 0 aromatic heterocycles. The van der Waals surface area contributed by atoms with Crippen LogP contribution in [0.2, 0.25) is 0 Å². The summed E-state index contributed by atoms with van der Waals surface area (Å²) in [6.45, 7) is 3.06. The molecule has 1 aliphatic rings. The summed E-state index contributed by atoms with van der Waals surface area (Å²) in [5.74, 6) is 1.53. The molecule has 2 amide bonds. The molecule has 0 aliphatic heterocycles. The van der Waals surface area contributed by atoms with Crippen LogP contribution in [0.25, 0.3) is 0 Å². The van der Waals surface area contributed by atoms with Gasteiger partial charge in [-0.05, 0) is 36.5 Å². The molecule has 0 radical (unpaired) electrons. The van der Waals surface area contributed by atoms with Gasteiger partial charge in [0.1, 0.15) is 5.75 Å². The molecule has 2 N–H and O–H groups in total. The fourth-order valence-electron chi connectivity index (χ4n) is 2.38. The molecular weight excluding hydrogens is 280 g/mol. The van der Waals surface area contributed by atoms with Gasteiger partial charge < -0.3 is 15.4 Å². The van der Waals surface area contributed by atoms with Crippen LogP contribution in [0, 0.1) is 11.8 Å². The molecule has 120 valence electrons. The van der Waals surface area contributed by atoms with Crippen molar-refractivity contribution in [3.8, 4) is 5.75 Å². The Morgan fingerprint density at radius 1 is 1.27 bits per heavy atom. The van der Waals surface area contributed by atoms with Crippen LogP contribution in [0.3, 0.4) is 0 Å². The van der Waals surface area contributed by atoms with Crippen molar-refractivity contribution in [2.45, 2.75) is 26.2 Å². The highest BCUT2D eigenvalue weighted by Gasteiger charge is 2.38. The lowest BCUT2D eigenvalue weighted by Gasteiger charge is -2.07. The van der Waals surface area contributed by atoms with E-state index in [-0.39, 0.29) is 17.7 Å². The third-order valence-electron chi connectivity index (χ3n) is 3.97. The number of ether oxygens (including phenoxy) is 1. The maximum Gasteiger partial charge on any atom is 0.223 e. The van der Waals surface area contributed by atoms with Crippen LogP contribution in [0.15, 0.2) is 24.3 Å². The van der Waals surface area contributed by atoms with Crippen LogP contribution in [0.4, 0.5) is 0 Å². The van der Waals surface area contributed by atoms with Crippen molar-refractivity contribution in [1.82, 2.24) is 10.6 Å². The van der Waals surface area contributed by atoms with Gasteiger partial charge in [-0.3, -0.25) is 9.59 Å². The van der Waals surface area contributed by atoms with Gasteiger partial charge in [0.15, 0.2) is 0 Å². The second-order valence-electron chi connectivity index (χ2n) is 5.81. The maximum absolute atomic E-state index is 11.7. The fraction of sp³-hybridized carbons (Fsp3) is 0.529. The fourth-order valence-corrected chi connectivity index (χ4v) is 2.38. The average molecular weight is 304 g/mol. The molecule has 0 bridgehead atoms. The molecular formula is C17H24N2O3. The van der Waals surface area contributed by atoms with Crippen molar-refractivity contribution in [3.63, 3.8) is 0 Å². The third kappa shape index (κ3) is 5.06. The summed E-state index contributed by atoms with van der Waals surface area (Å²) in [4.78, 5) is 23.3. The predicted octanol–water partition coefficient (Wildman–Crippen LogP) is 1.52. The average Bonchev–Trinajstić information content (AvgIpc) is 3.24. The molecule has 0 spiro atoms. The SMILES string of the molecule is COc1cccc(CCNC(=O)CCNC(=O)[C@H]2C[C@@H]2C)c1. The summed E-state index contributed by atoms with van der Waals surface area (Å²) in [5, 5.41) is 5.68. The molecule has 22 heavy (non-hydrogen) atoms. The minimum atomic E-state index is -0.0351. The number of hydrogen-bond donors (Lipinski definition) is 2. The first-order valence-corrected chi connectivity index (χ1v) is 7.77. The molecule has 1 aliphatic carbocycles. The van der Waals surface area contributed by atoms with Gasteiger partial charge in [-0.15, -0.1) is 0 Å². The zero-order valence-electron chi connectivity index (χ0n) is 13.2. The highest BCUT2D eigenvalue weighted by molar-refractivity contribution is 5.82. The molecule has 1 aromatic carbocycles. The van der Waals surface area contributed by atoms with Crippen LogP contribution >= 0.6 is 0 Å². The zero-order valence-corrected chi connectivity index (χ0v) is 13.2. The normalized spacial score (nSPS) is 19.4. The Morgan fingerprint density at radius 3 is 2.73 bits per heavy atom. The summed E-state index contributed by atoms with van der Waals surface area (Å²) < 4.78 is 5.16. The van der Waals surface area contributed by atoms with Gasteiger partial charge >= 0.3 is 0 Å². The van der Waals surface area contributed by atoms with Crippen LogP contribution < -0.4 is 15.4 Å². The smallest absolute Gasteiger partial charge is 0.223 e. The van der Waals surface area contributed by atoms with E-state index in [2.05, 4.69) is 17.6 Å². The first-order valence-electron chi connectivity index (χ1n) is 7.77. The van der Waals surface area contributed by atoms with Crippen molar-refractivity contribution in [3.05, 3.63) is 29.8 Å². The topological polar surface area (TPSA) is 67.4 Å². The van der Waals surface area contributed by atoms with Gasteiger partial charge in [0.2, 0.25) is 11.8 Å². The largest absolute Gasteiger partial charge is 0.497 e. The summed E-state index contributed by atoms with van der Waals surface area (Å²) >= 11 is 0. The molecule has 1 saturated carbocycles. The van der Waals surface area contributed by atoms with Crippen molar-refractivity contribution >= 4 is 11.8 Å². The number of hydrogen-bond acceptors (Lipinski definition) is 3. The Morgan fingerprint density at radius 2 is 2.05 bits per heavy atom. The summed E-state index contributed by atoms with van der Waals surface area (Å²) in [7, 11) is 1.64. The maximum atomic E-state index is 11.7. The number of carbonyl (C=O) groups excluding carboxylic acids is 2. The Labute approximate surface area is 131 Å². The Hall–Kier alpha value is -2.04. The van der Waals surface area contributed by atoms with Gasteiger partial charge in [0.05, 0.1) is 7.11 Å². The van der Waals surface area contributed by atoms with E-state index in [1.54, 1.807) is 7.11 Å². The highest BCUT2D eigenvalue weighted by atomic mass is 16.5. The van der Waals surface area contributed by atoms with Crippen LogP contribution in [0.1, 0.15) is 25.3 Å². The van der Waals surface area contributed by atoms with Crippen molar-refractivity contribution in [1.29, 1.82) is 0 Å². The minimum Gasteiger partial charge on any atom is -0.497 e. The first kappa shape index (κ1) is 16.3. The van der Waals surface area contributed by atoms with Crippen LogP contribution in [-0.2, 0) is 16.0 Å². The molecule has 1 fully saturated rings. The molecule has 0 heterocycles. The summed E-state index contributed by atoms with van der Waals surface area (Å²) in [5.41, 5.74) is 1.12. The van der Waals surface area contributed by atoms with Gasteiger partial charge in [-0.25, -0.2) is 0 Å². The summed E-state index contributed by atoms with van der Waals surface area (Å²) in [6, 6.07) is 7.80. The van der Waals surface area contributed by atoms with E-state index < -0.39 is 0 Å². The number of methoxy groups -OCH3 is 1. The number of amides is 2. The van der Waals surface area contributed by atoms with E-state index in [0.29, 0.717) is 25.4 Å².